The predicted molar refractivity (Wildman–Crippen MR) is 107 cm³/mol. The van der Waals surface area contributed by atoms with Gasteiger partial charge >= 0.3 is 0 Å². The Balaban J connectivity index is 0.00000210. The SMILES string of the molecule is Cl.[2H]C1([2H])c2ccccc2C(c2ccc(Cl)c(Cl)c2)CN1c1ccccn1. The van der Waals surface area contributed by atoms with Gasteiger partial charge in [0.25, 0.3) is 0 Å². The first kappa shape index (κ1) is 15.5. The van der Waals surface area contributed by atoms with Gasteiger partial charge < -0.3 is 4.90 Å². The van der Waals surface area contributed by atoms with Gasteiger partial charge in [-0.2, -0.15) is 0 Å². The maximum Gasteiger partial charge on any atom is 0.128 e. The van der Waals surface area contributed by atoms with Crippen molar-refractivity contribution in [2.75, 3.05) is 11.4 Å². The summed E-state index contributed by atoms with van der Waals surface area (Å²) in [5, 5.41) is 1.01. The third-order valence-electron chi connectivity index (χ3n) is 4.23. The minimum absolute atomic E-state index is 0. The summed E-state index contributed by atoms with van der Waals surface area (Å²) in [4.78, 5) is 6.08. The topological polar surface area (TPSA) is 16.1 Å². The average molecular weight is 394 g/mol. The zero-order chi connectivity index (χ0) is 18.3. The number of anilines is 1. The first-order chi connectivity index (χ1) is 12.5. The summed E-state index contributed by atoms with van der Waals surface area (Å²) in [6.45, 7) is -1.20. The lowest BCUT2D eigenvalue weighted by molar-refractivity contribution is 0.658. The van der Waals surface area contributed by atoms with Crippen LogP contribution in [0.3, 0.4) is 0 Å². The monoisotopic (exact) mass is 392 g/mol. The van der Waals surface area contributed by atoms with Crippen molar-refractivity contribution in [2.45, 2.75) is 12.4 Å². The van der Waals surface area contributed by atoms with Crippen LogP contribution >= 0.6 is 35.6 Å². The van der Waals surface area contributed by atoms with Crippen LogP contribution in [0, 0.1) is 0 Å². The lowest BCUT2D eigenvalue weighted by Gasteiger charge is -2.36. The summed E-state index contributed by atoms with van der Waals surface area (Å²) < 4.78 is 17.5. The second-order valence-corrected chi connectivity index (χ2v) is 6.54. The molecule has 1 aromatic heterocycles. The van der Waals surface area contributed by atoms with E-state index in [4.69, 9.17) is 25.9 Å². The molecule has 0 saturated carbocycles. The standard InChI is InChI=1S/C20H16Cl2N2.ClH/c21-18-9-8-14(11-19(18)22)17-13-24(20-7-3-4-10-23-20)12-15-5-1-2-6-16(15)17;/h1-11,17H,12-13H2;1H/i12D2;. The molecule has 4 rings (SSSR count). The molecule has 2 aromatic carbocycles. The van der Waals surface area contributed by atoms with Gasteiger partial charge in [-0.25, -0.2) is 4.98 Å². The fourth-order valence-corrected chi connectivity index (χ4v) is 3.36. The number of benzene rings is 2. The van der Waals surface area contributed by atoms with Crippen LogP contribution in [-0.4, -0.2) is 11.5 Å². The van der Waals surface area contributed by atoms with Gasteiger partial charge in [-0.3, -0.25) is 0 Å². The Morgan fingerprint density at radius 2 is 1.80 bits per heavy atom. The van der Waals surface area contributed by atoms with Crippen molar-refractivity contribution in [3.05, 3.63) is 93.6 Å². The summed E-state index contributed by atoms with van der Waals surface area (Å²) >= 11 is 12.3. The van der Waals surface area contributed by atoms with E-state index in [9.17, 15) is 0 Å². The van der Waals surface area contributed by atoms with Crippen molar-refractivity contribution in [3.63, 3.8) is 0 Å². The maximum absolute atomic E-state index is 8.74. The fraction of sp³-hybridized carbons (Fsp3) is 0.150. The van der Waals surface area contributed by atoms with E-state index in [1.807, 2.05) is 54.6 Å². The van der Waals surface area contributed by atoms with Crippen LogP contribution in [0.5, 0.6) is 0 Å². The van der Waals surface area contributed by atoms with Crippen LogP contribution in [0.15, 0.2) is 66.9 Å². The Labute approximate surface area is 166 Å². The number of hydrogen-bond acceptors (Lipinski definition) is 2. The van der Waals surface area contributed by atoms with Crippen molar-refractivity contribution < 1.29 is 2.74 Å². The lowest BCUT2D eigenvalue weighted by Crippen LogP contribution is -2.34. The summed E-state index contributed by atoms with van der Waals surface area (Å²) in [6.07, 6.45) is 1.68. The largest absolute Gasteiger partial charge is 0.351 e. The maximum atomic E-state index is 8.74. The molecular weight excluding hydrogens is 375 g/mol. The molecule has 0 radical (unpaired) electrons. The number of nitrogens with zero attached hydrogens (tertiary/aromatic N) is 2. The highest BCUT2D eigenvalue weighted by molar-refractivity contribution is 6.42. The molecule has 0 fully saturated rings. The molecule has 3 aromatic rings. The molecule has 0 N–H and O–H groups in total. The molecule has 0 saturated heterocycles. The van der Waals surface area contributed by atoms with Crippen LogP contribution < -0.4 is 4.90 Å². The molecule has 0 spiro atoms. The summed E-state index contributed by atoms with van der Waals surface area (Å²) in [7, 11) is 0. The van der Waals surface area contributed by atoms with Crippen molar-refractivity contribution in [1.29, 1.82) is 0 Å². The molecule has 128 valence electrons. The number of aromatic nitrogens is 1. The number of fused-ring (bicyclic) bond motifs is 1. The summed E-state index contributed by atoms with van der Waals surface area (Å²) in [5.74, 6) is 0.573. The van der Waals surface area contributed by atoms with Gasteiger partial charge in [0.1, 0.15) is 5.82 Å². The van der Waals surface area contributed by atoms with Crippen LogP contribution in [0.25, 0.3) is 0 Å². The first-order valence-electron chi connectivity index (χ1n) is 8.71. The van der Waals surface area contributed by atoms with E-state index in [2.05, 4.69) is 4.98 Å². The van der Waals surface area contributed by atoms with Crippen LogP contribution in [0.4, 0.5) is 5.82 Å². The molecule has 1 aliphatic rings. The van der Waals surface area contributed by atoms with Crippen LogP contribution in [0.2, 0.25) is 10.0 Å². The normalized spacial score (nSPS) is 19.3. The molecule has 2 nitrogen and oxygen atoms in total. The Kier molecular flexibility index (Phi) is 4.75. The molecular formula is C20H17Cl3N2. The highest BCUT2D eigenvalue weighted by Crippen LogP contribution is 2.37. The zero-order valence-corrected chi connectivity index (χ0v) is 15.5. The van der Waals surface area contributed by atoms with Crippen molar-refractivity contribution in [1.82, 2.24) is 4.98 Å². The second kappa shape index (κ2) is 7.65. The van der Waals surface area contributed by atoms with E-state index in [1.165, 1.54) is 0 Å². The Morgan fingerprint density at radius 1 is 1.00 bits per heavy atom. The van der Waals surface area contributed by atoms with Gasteiger partial charge in [-0.15, -0.1) is 12.4 Å². The quantitative estimate of drug-likeness (QED) is 0.534. The van der Waals surface area contributed by atoms with Gasteiger partial charge in [0.2, 0.25) is 0 Å². The molecule has 0 aliphatic carbocycles. The van der Waals surface area contributed by atoms with E-state index in [-0.39, 0.29) is 18.3 Å². The molecule has 5 heteroatoms. The smallest absolute Gasteiger partial charge is 0.128 e. The van der Waals surface area contributed by atoms with E-state index in [0.717, 1.165) is 11.1 Å². The van der Waals surface area contributed by atoms with Crippen molar-refractivity contribution in [2.24, 2.45) is 0 Å². The third-order valence-corrected chi connectivity index (χ3v) is 4.97. The van der Waals surface area contributed by atoms with Crippen LogP contribution in [-0.2, 0) is 6.50 Å². The van der Waals surface area contributed by atoms with Gasteiger partial charge in [0, 0.05) is 25.2 Å². The van der Waals surface area contributed by atoms with E-state index in [1.54, 1.807) is 17.2 Å². The number of rotatable bonds is 2. The number of pyridine rings is 1. The second-order valence-electron chi connectivity index (χ2n) is 5.72. The van der Waals surface area contributed by atoms with E-state index >= 15 is 0 Å². The molecule has 0 amide bonds. The average Bonchev–Trinajstić information content (AvgIpc) is 2.65. The molecule has 1 atom stereocenters. The first-order valence-corrected chi connectivity index (χ1v) is 8.47. The predicted octanol–water partition coefficient (Wildman–Crippen LogP) is 5.96. The highest BCUT2D eigenvalue weighted by Gasteiger charge is 2.27. The fourth-order valence-electron chi connectivity index (χ4n) is 3.05. The van der Waals surface area contributed by atoms with E-state index in [0.29, 0.717) is 28.0 Å². The molecule has 25 heavy (non-hydrogen) atoms. The number of halogens is 3. The summed E-state index contributed by atoms with van der Waals surface area (Å²) in [6, 6.07) is 18.8. The van der Waals surface area contributed by atoms with Gasteiger partial charge in [-0.05, 0) is 41.0 Å². The van der Waals surface area contributed by atoms with Crippen LogP contribution in [0.1, 0.15) is 25.3 Å². The van der Waals surface area contributed by atoms with Crippen molar-refractivity contribution in [3.8, 4) is 0 Å². The van der Waals surface area contributed by atoms with E-state index < -0.39 is 6.50 Å². The van der Waals surface area contributed by atoms with Gasteiger partial charge in [0.05, 0.1) is 12.8 Å². The number of hydrogen-bond donors (Lipinski definition) is 0. The van der Waals surface area contributed by atoms with Crippen molar-refractivity contribution >= 4 is 41.4 Å². The Hall–Kier alpha value is -1.74. The lowest BCUT2D eigenvalue weighted by atomic mass is 9.84. The summed E-state index contributed by atoms with van der Waals surface area (Å²) in [5.41, 5.74) is 2.61. The molecule has 1 aliphatic heterocycles. The zero-order valence-electron chi connectivity index (χ0n) is 15.2. The molecule has 0 bridgehead atoms. The minimum Gasteiger partial charge on any atom is -0.351 e. The van der Waals surface area contributed by atoms with Gasteiger partial charge in [-0.1, -0.05) is 59.6 Å². The minimum atomic E-state index is -1.66. The Morgan fingerprint density at radius 3 is 2.56 bits per heavy atom. The molecule has 2 heterocycles. The van der Waals surface area contributed by atoms with Gasteiger partial charge in [0.15, 0.2) is 0 Å². The Bertz CT molecular complexity index is 951. The molecule has 1 unspecified atom stereocenters. The third kappa shape index (κ3) is 3.62. The highest BCUT2D eigenvalue weighted by atomic mass is 35.5.